The summed E-state index contributed by atoms with van der Waals surface area (Å²) in [5, 5.41) is 9.49. The molecule has 4 N–H and O–H groups in total. The van der Waals surface area contributed by atoms with Crippen LogP contribution in [0.3, 0.4) is 0 Å². The minimum atomic E-state index is -0.735. The van der Waals surface area contributed by atoms with Crippen LogP contribution in [0.4, 0.5) is 5.69 Å². The van der Waals surface area contributed by atoms with Gasteiger partial charge >= 0.3 is 0 Å². The second-order valence-corrected chi connectivity index (χ2v) is 4.82. The standard InChI is InChI=1S/C12H19N5O3/c1-20-7-10(13)12(19)16-9-4-14-17(5-9)6-11(18)15-8-2-3-8/h4-5,8,10H,2-3,6-7,13H2,1H3,(H,15,18)(H,16,19). The molecular weight excluding hydrogens is 262 g/mol. The summed E-state index contributed by atoms with van der Waals surface area (Å²) in [7, 11) is 1.48. The first-order valence-electron chi connectivity index (χ1n) is 6.45. The minimum absolute atomic E-state index is 0.0791. The highest BCUT2D eigenvalue weighted by Crippen LogP contribution is 2.18. The first-order chi connectivity index (χ1) is 9.58. The number of ether oxygens (including phenoxy) is 1. The van der Waals surface area contributed by atoms with E-state index < -0.39 is 6.04 Å². The van der Waals surface area contributed by atoms with Gasteiger partial charge in [-0.3, -0.25) is 14.3 Å². The van der Waals surface area contributed by atoms with E-state index in [1.165, 1.54) is 18.0 Å². The third-order valence-corrected chi connectivity index (χ3v) is 2.83. The quantitative estimate of drug-likeness (QED) is 0.598. The van der Waals surface area contributed by atoms with Crippen LogP contribution in [0.15, 0.2) is 12.4 Å². The lowest BCUT2D eigenvalue weighted by Gasteiger charge is -2.09. The van der Waals surface area contributed by atoms with Crippen LogP contribution in [-0.4, -0.2) is 47.4 Å². The third-order valence-electron chi connectivity index (χ3n) is 2.83. The zero-order chi connectivity index (χ0) is 14.5. The molecule has 0 radical (unpaired) electrons. The zero-order valence-electron chi connectivity index (χ0n) is 11.3. The Balaban J connectivity index is 1.81. The predicted molar refractivity (Wildman–Crippen MR) is 71.9 cm³/mol. The van der Waals surface area contributed by atoms with Crippen molar-refractivity contribution in [2.75, 3.05) is 19.0 Å². The second-order valence-electron chi connectivity index (χ2n) is 4.82. The molecule has 1 aliphatic rings. The Bertz CT molecular complexity index is 483. The average Bonchev–Trinajstić information content (AvgIpc) is 3.09. The van der Waals surface area contributed by atoms with E-state index in [-0.39, 0.29) is 25.0 Å². The highest BCUT2D eigenvalue weighted by atomic mass is 16.5. The van der Waals surface area contributed by atoms with Gasteiger partial charge in [0.2, 0.25) is 11.8 Å². The maximum absolute atomic E-state index is 11.7. The second kappa shape index (κ2) is 6.49. The SMILES string of the molecule is COCC(N)C(=O)Nc1cnn(CC(=O)NC2CC2)c1. The molecule has 0 spiro atoms. The molecule has 0 saturated heterocycles. The lowest BCUT2D eigenvalue weighted by Crippen LogP contribution is -2.39. The van der Waals surface area contributed by atoms with Crippen LogP contribution in [0.1, 0.15) is 12.8 Å². The van der Waals surface area contributed by atoms with Gasteiger partial charge in [0.25, 0.3) is 0 Å². The van der Waals surface area contributed by atoms with Gasteiger partial charge in [0, 0.05) is 19.3 Å². The van der Waals surface area contributed by atoms with Crippen molar-refractivity contribution in [1.29, 1.82) is 0 Å². The fraction of sp³-hybridized carbons (Fsp3) is 0.583. The lowest BCUT2D eigenvalue weighted by molar-refractivity contribution is -0.122. The number of carbonyl (C=O) groups is 2. The number of aromatic nitrogens is 2. The molecule has 1 fully saturated rings. The first-order valence-corrected chi connectivity index (χ1v) is 6.45. The Morgan fingerprint density at radius 2 is 2.35 bits per heavy atom. The smallest absolute Gasteiger partial charge is 0.243 e. The average molecular weight is 281 g/mol. The highest BCUT2D eigenvalue weighted by Gasteiger charge is 2.23. The normalized spacial score (nSPS) is 15.7. The van der Waals surface area contributed by atoms with Gasteiger partial charge in [-0.2, -0.15) is 5.10 Å². The molecule has 20 heavy (non-hydrogen) atoms. The van der Waals surface area contributed by atoms with E-state index in [0.717, 1.165) is 12.8 Å². The summed E-state index contributed by atoms with van der Waals surface area (Å²) >= 11 is 0. The number of anilines is 1. The van der Waals surface area contributed by atoms with E-state index in [9.17, 15) is 9.59 Å². The summed E-state index contributed by atoms with van der Waals surface area (Å²) in [6.45, 7) is 0.278. The van der Waals surface area contributed by atoms with Gasteiger partial charge in [-0.15, -0.1) is 0 Å². The molecule has 8 heteroatoms. The van der Waals surface area contributed by atoms with Gasteiger partial charge in [0.1, 0.15) is 12.6 Å². The van der Waals surface area contributed by atoms with E-state index in [4.69, 9.17) is 10.5 Å². The van der Waals surface area contributed by atoms with Gasteiger partial charge in [-0.05, 0) is 12.8 Å². The van der Waals surface area contributed by atoms with Crippen molar-refractivity contribution in [3.8, 4) is 0 Å². The molecule has 1 aromatic heterocycles. The Morgan fingerprint density at radius 3 is 3.00 bits per heavy atom. The number of amides is 2. The van der Waals surface area contributed by atoms with E-state index >= 15 is 0 Å². The molecule has 0 aromatic carbocycles. The summed E-state index contributed by atoms with van der Waals surface area (Å²) in [5.41, 5.74) is 6.10. The molecule has 0 bridgehead atoms. The summed E-state index contributed by atoms with van der Waals surface area (Å²) in [4.78, 5) is 23.2. The van der Waals surface area contributed by atoms with Gasteiger partial charge in [-0.1, -0.05) is 0 Å². The van der Waals surface area contributed by atoms with Gasteiger partial charge in [-0.25, -0.2) is 0 Å². The van der Waals surface area contributed by atoms with Crippen molar-refractivity contribution in [1.82, 2.24) is 15.1 Å². The lowest BCUT2D eigenvalue weighted by atomic mass is 10.3. The zero-order valence-corrected chi connectivity index (χ0v) is 11.3. The molecule has 1 heterocycles. The van der Waals surface area contributed by atoms with E-state index in [2.05, 4.69) is 15.7 Å². The molecule has 2 amide bonds. The number of hydrogen-bond acceptors (Lipinski definition) is 5. The molecule has 1 atom stereocenters. The first kappa shape index (κ1) is 14.5. The fourth-order valence-electron chi connectivity index (χ4n) is 1.65. The van der Waals surface area contributed by atoms with Crippen LogP contribution in [0.2, 0.25) is 0 Å². The number of nitrogens with zero attached hydrogens (tertiary/aromatic N) is 2. The molecule has 2 rings (SSSR count). The van der Waals surface area contributed by atoms with Gasteiger partial charge < -0.3 is 21.1 Å². The molecule has 1 saturated carbocycles. The van der Waals surface area contributed by atoms with Crippen molar-refractivity contribution >= 4 is 17.5 Å². The minimum Gasteiger partial charge on any atom is -0.383 e. The van der Waals surface area contributed by atoms with Crippen LogP contribution < -0.4 is 16.4 Å². The van der Waals surface area contributed by atoms with Crippen molar-refractivity contribution in [2.45, 2.75) is 31.5 Å². The molecule has 0 aliphatic heterocycles. The van der Waals surface area contributed by atoms with Gasteiger partial charge in [0.15, 0.2) is 0 Å². The van der Waals surface area contributed by atoms with Crippen LogP contribution in [0, 0.1) is 0 Å². The predicted octanol–water partition coefficient (Wildman–Crippen LogP) is -0.926. The van der Waals surface area contributed by atoms with E-state index in [1.54, 1.807) is 6.20 Å². The number of carbonyl (C=O) groups excluding carboxylic acids is 2. The molecule has 1 aromatic rings. The molecule has 110 valence electrons. The van der Waals surface area contributed by atoms with Crippen LogP contribution >= 0.6 is 0 Å². The summed E-state index contributed by atoms with van der Waals surface area (Å²) in [6, 6.07) is -0.411. The maximum Gasteiger partial charge on any atom is 0.243 e. The highest BCUT2D eigenvalue weighted by molar-refractivity contribution is 5.94. The van der Waals surface area contributed by atoms with Crippen LogP contribution in [-0.2, 0) is 20.9 Å². The third kappa shape index (κ3) is 4.32. The largest absolute Gasteiger partial charge is 0.383 e. The Labute approximate surface area is 116 Å². The van der Waals surface area contributed by atoms with Crippen LogP contribution in [0.5, 0.6) is 0 Å². The van der Waals surface area contributed by atoms with E-state index in [0.29, 0.717) is 11.7 Å². The number of hydrogen-bond donors (Lipinski definition) is 3. The van der Waals surface area contributed by atoms with Crippen LogP contribution in [0.25, 0.3) is 0 Å². The Hall–Kier alpha value is -1.93. The van der Waals surface area contributed by atoms with Crippen molar-refractivity contribution in [2.24, 2.45) is 5.73 Å². The van der Waals surface area contributed by atoms with Crippen molar-refractivity contribution < 1.29 is 14.3 Å². The number of nitrogens with one attached hydrogen (secondary N) is 2. The van der Waals surface area contributed by atoms with E-state index in [1.807, 2.05) is 0 Å². The molecule has 8 nitrogen and oxygen atoms in total. The number of nitrogens with two attached hydrogens (primary N) is 1. The number of methoxy groups -OCH3 is 1. The molecule has 1 unspecified atom stereocenters. The number of rotatable bonds is 7. The summed E-state index contributed by atoms with van der Waals surface area (Å²) in [6.07, 6.45) is 5.15. The Morgan fingerprint density at radius 1 is 1.60 bits per heavy atom. The Kier molecular flexibility index (Phi) is 4.70. The summed E-state index contributed by atoms with van der Waals surface area (Å²) < 4.78 is 6.27. The molecule has 1 aliphatic carbocycles. The van der Waals surface area contributed by atoms with Gasteiger partial charge in [0.05, 0.1) is 18.5 Å². The summed E-state index contributed by atoms with van der Waals surface area (Å²) in [5.74, 6) is -0.432. The van der Waals surface area contributed by atoms with Crippen molar-refractivity contribution in [3.63, 3.8) is 0 Å². The molecular formula is C12H19N5O3. The topological polar surface area (TPSA) is 111 Å². The monoisotopic (exact) mass is 281 g/mol. The fourth-order valence-corrected chi connectivity index (χ4v) is 1.65. The maximum atomic E-state index is 11.7. The van der Waals surface area contributed by atoms with Crippen molar-refractivity contribution in [3.05, 3.63) is 12.4 Å².